The summed E-state index contributed by atoms with van der Waals surface area (Å²) in [5.41, 5.74) is 8.58. The third-order valence-electron chi connectivity index (χ3n) is 3.90. The maximum absolute atomic E-state index is 5.87. The molecule has 3 N–H and O–H groups in total. The van der Waals surface area contributed by atoms with Crippen LogP contribution in [0.5, 0.6) is 0 Å². The van der Waals surface area contributed by atoms with Crippen molar-refractivity contribution in [1.82, 2.24) is 5.32 Å². The van der Waals surface area contributed by atoms with Crippen molar-refractivity contribution in [3.05, 3.63) is 35.4 Å². The highest BCUT2D eigenvalue weighted by Crippen LogP contribution is 2.33. The van der Waals surface area contributed by atoms with E-state index in [0.717, 1.165) is 18.9 Å². The minimum Gasteiger partial charge on any atom is -0.329 e. The van der Waals surface area contributed by atoms with E-state index in [-0.39, 0.29) is 0 Å². The predicted molar refractivity (Wildman–Crippen MR) is 77.6 cm³/mol. The van der Waals surface area contributed by atoms with E-state index >= 15 is 0 Å². The summed E-state index contributed by atoms with van der Waals surface area (Å²) in [4.78, 5) is 0. The number of nitrogens with one attached hydrogen (secondary N) is 1. The van der Waals surface area contributed by atoms with E-state index in [9.17, 15) is 0 Å². The molecule has 0 bridgehead atoms. The minimum atomic E-state index is 0.315. The van der Waals surface area contributed by atoms with Crippen LogP contribution in [-0.2, 0) is 6.42 Å². The van der Waals surface area contributed by atoms with Crippen LogP contribution in [0.15, 0.2) is 24.3 Å². The SMILES string of the molecule is CCc1ccc(C(CN)NCCCC2CC2)cc1. The first kappa shape index (κ1) is 13.6. The van der Waals surface area contributed by atoms with Gasteiger partial charge in [-0.3, -0.25) is 0 Å². The van der Waals surface area contributed by atoms with Gasteiger partial charge in [0.15, 0.2) is 0 Å². The summed E-state index contributed by atoms with van der Waals surface area (Å²) in [5.74, 6) is 1.03. The van der Waals surface area contributed by atoms with Crippen molar-refractivity contribution in [3.63, 3.8) is 0 Å². The summed E-state index contributed by atoms with van der Waals surface area (Å²) in [7, 11) is 0. The van der Waals surface area contributed by atoms with Gasteiger partial charge in [-0.1, -0.05) is 44.0 Å². The fraction of sp³-hybridized carbons (Fsp3) is 0.625. The largest absolute Gasteiger partial charge is 0.329 e. The van der Waals surface area contributed by atoms with Crippen molar-refractivity contribution in [3.8, 4) is 0 Å². The lowest BCUT2D eigenvalue weighted by Crippen LogP contribution is -2.29. The highest BCUT2D eigenvalue weighted by Gasteiger charge is 2.20. The molecule has 2 nitrogen and oxygen atoms in total. The number of nitrogens with two attached hydrogens (primary N) is 1. The zero-order valence-electron chi connectivity index (χ0n) is 11.5. The second kappa shape index (κ2) is 6.91. The normalized spacial score (nSPS) is 16.8. The zero-order valence-corrected chi connectivity index (χ0v) is 11.5. The number of benzene rings is 1. The lowest BCUT2D eigenvalue weighted by atomic mass is 10.0. The van der Waals surface area contributed by atoms with E-state index in [2.05, 4.69) is 36.5 Å². The molecule has 0 amide bonds. The van der Waals surface area contributed by atoms with Crippen LogP contribution in [0.25, 0.3) is 0 Å². The molecule has 100 valence electrons. The summed E-state index contributed by atoms with van der Waals surface area (Å²) < 4.78 is 0. The fourth-order valence-corrected chi connectivity index (χ4v) is 2.40. The van der Waals surface area contributed by atoms with E-state index in [1.165, 1.54) is 36.8 Å². The van der Waals surface area contributed by atoms with Gasteiger partial charge in [-0.15, -0.1) is 0 Å². The first-order valence-electron chi connectivity index (χ1n) is 7.35. The third kappa shape index (κ3) is 4.11. The van der Waals surface area contributed by atoms with Crippen molar-refractivity contribution in [2.24, 2.45) is 11.7 Å². The van der Waals surface area contributed by atoms with Gasteiger partial charge in [-0.05, 0) is 42.9 Å². The summed E-state index contributed by atoms with van der Waals surface area (Å²) in [6, 6.07) is 9.16. The van der Waals surface area contributed by atoms with E-state index < -0.39 is 0 Å². The minimum absolute atomic E-state index is 0.315. The molecule has 1 atom stereocenters. The Morgan fingerprint density at radius 2 is 2.00 bits per heavy atom. The molecule has 2 heteroatoms. The molecule has 2 rings (SSSR count). The first-order chi connectivity index (χ1) is 8.83. The molecule has 0 saturated heterocycles. The van der Waals surface area contributed by atoms with Crippen LogP contribution in [0.2, 0.25) is 0 Å². The Balaban J connectivity index is 1.78. The smallest absolute Gasteiger partial charge is 0.0444 e. The summed E-state index contributed by atoms with van der Waals surface area (Å²) >= 11 is 0. The third-order valence-corrected chi connectivity index (χ3v) is 3.90. The topological polar surface area (TPSA) is 38.0 Å². The highest BCUT2D eigenvalue weighted by atomic mass is 14.9. The molecular weight excluding hydrogens is 220 g/mol. The molecule has 1 aromatic rings. The van der Waals surface area contributed by atoms with Gasteiger partial charge in [0, 0.05) is 12.6 Å². The Kier molecular flexibility index (Phi) is 5.21. The van der Waals surface area contributed by atoms with Crippen LogP contribution in [0.1, 0.15) is 49.8 Å². The van der Waals surface area contributed by atoms with Crippen LogP contribution in [0.4, 0.5) is 0 Å². The van der Waals surface area contributed by atoms with Gasteiger partial charge < -0.3 is 11.1 Å². The van der Waals surface area contributed by atoms with Crippen LogP contribution >= 0.6 is 0 Å². The molecule has 1 fully saturated rings. The molecule has 1 unspecified atom stereocenters. The maximum atomic E-state index is 5.87. The Hall–Kier alpha value is -0.860. The summed E-state index contributed by atoms with van der Waals surface area (Å²) in [6.45, 7) is 3.95. The molecule has 0 aliphatic heterocycles. The standard InChI is InChI=1S/C16H26N2/c1-2-13-7-9-15(10-8-13)16(12-17)18-11-3-4-14-5-6-14/h7-10,14,16,18H,2-6,11-12,17H2,1H3. The number of hydrogen-bond donors (Lipinski definition) is 2. The quantitative estimate of drug-likeness (QED) is 0.692. The van der Waals surface area contributed by atoms with Gasteiger partial charge >= 0.3 is 0 Å². The van der Waals surface area contributed by atoms with Gasteiger partial charge in [0.1, 0.15) is 0 Å². The van der Waals surface area contributed by atoms with Crippen molar-refractivity contribution in [2.45, 2.75) is 45.1 Å². The van der Waals surface area contributed by atoms with Gasteiger partial charge in [-0.25, -0.2) is 0 Å². The molecule has 1 saturated carbocycles. The molecule has 0 radical (unpaired) electrons. The van der Waals surface area contributed by atoms with Gasteiger partial charge in [0.05, 0.1) is 0 Å². The Morgan fingerprint density at radius 1 is 1.28 bits per heavy atom. The molecule has 0 spiro atoms. The van der Waals surface area contributed by atoms with Gasteiger partial charge in [0.2, 0.25) is 0 Å². The molecule has 0 aromatic heterocycles. The monoisotopic (exact) mass is 246 g/mol. The number of aryl methyl sites for hydroxylation is 1. The van der Waals surface area contributed by atoms with Crippen molar-refractivity contribution < 1.29 is 0 Å². The average molecular weight is 246 g/mol. The molecule has 0 heterocycles. The van der Waals surface area contributed by atoms with E-state index in [0.29, 0.717) is 12.6 Å². The van der Waals surface area contributed by atoms with Gasteiger partial charge in [0.25, 0.3) is 0 Å². The molecule has 1 aliphatic carbocycles. The Bertz CT molecular complexity index is 341. The summed E-state index contributed by atoms with van der Waals surface area (Å²) in [5, 5.41) is 3.58. The molecule has 1 aliphatic rings. The Morgan fingerprint density at radius 3 is 2.56 bits per heavy atom. The predicted octanol–water partition coefficient (Wildman–Crippen LogP) is 3.03. The zero-order chi connectivity index (χ0) is 12.8. The van der Waals surface area contributed by atoms with E-state index in [1.807, 2.05) is 0 Å². The molecule has 1 aromatic carbocycles. The lowest BCUT2D eigenvalue weighted by molar-refractivity contribution is 0.512. The first-order valence-corrected chi connectivity index (χ1v) is 7.35. The molecule has 18 heavy (non-hydrogen) atoms. The molecular formula is C16H26N2. The highest BCUT2D eigenvalue weighted by molar-refractivity contribution is 5.25. The van der Waals surface area contributed by atoms with E-state index in [4.69, 9.17) is 5.73 Å². The lowest BCUT2D eigenvalue weighted by Gasteiger charge is -2.17. The second-order valence-corrected chi connectivity index (χ2v) is 5.42. The van der Waals surface area contributed by atoms with Crippen LogP contribution in [-0.4, -0.2) is 13.1 Å². The Labute approximate surface area is 111 Å². The maximum Gasteiger partial charge on any atom is 0.0444 e. The van der Waals surface area contributed by atoms with Crippen molar-refractivity contribution >= 4 is 0 Å². The van der Waals surface area contributed by atoms with Gasteiger partial charge in [-0.2, -0.15) is 0 Å². The average Bonchev–Trinajstić information content (AvgIpc) is 3.23. The van der Waals surface area contributed by atoms with Crippen LogP contribution in [0, 0.1) is 5.92 Å². The number of hydrogen-bond acceptors (Lipinski definition) is 2. The van der Waals surface area contributed by atoms with Crippen LogP contribution in [0.3, 0.4) is 0 Å². The summed E-state index contributed by atoms with van der Waals surface area (Å²) in [6.07, 6.45) is 6.69. The second-order valence-electron chi connectivity index (χ2n) is 5.42. The fourth-order valence-electron chi connectivity index (χ4n) is 2.40. The van der Waals surface area contributed by atoms with E-state index in [1.54, 1.807) is 0 Å². The number of rotatable bonds is 8. The van der Waals surface area contributed by atoms with Crippen LogP contribution < -0.4 is 11.1 Å². The van der Waals surface area contributed by atoms with Crippen molar-refractivity contribution in [1.29, 1.82) is 0 Å². The van der Waals surface area contributed by atoms with Crippen molar-refractivity contribution in [2.75, 3.05) is 13.1 Å².